The number of benzene rings is 4. The molecule has 0 aliphatic rings. The number of nitrogens with one attached hydrogen (secondary N) is 1. The summed E-state index contributed by atoms with van der Waals surface area (Å²) in [4.78, 5) is 29.5. The normalized spacial score (nSPS) is 11.9. The Hall–Kier alpha value is -4.50. The Morgan fingerprint density at radius 1 is 0.800 bits per heavy atom. The maximum Gasteiger partial charge on any atom is 0.264 e. The van der Waals surface area contributed by atoms with Gasteiger partial charge in [-0.2, -0.15) is 0 Å². The van der Waals surface area contributed by atoms with E-state index in [1.54, 1.807) is 24.3 Å². The summed E-state index contributed by atoms with van der Waals surface area (Å²) in [6.45, 7) is 5.86. The highest BCUT2D eigenvalue weighted by molar-refractivity contribution is 7.92. The van der Waals surface area contributed by atoms with Crippen LogP contribution in [0.25, 0.3) is 0 Å². The van der Waals surface area contributed by atoms with Crippen molar-refractivity contribution in [3.05, 3.63) is 131 Å². The molecule has 7 nitrogen and oxygen atoms in total. The van der Waals surface area contributed by atoms with Gasteiger partial charge in [0.25, 0.3) is 10.0 Å². The molecule has 0 heterocycles. The SMILES string of the molecule is CCCCNC(=O)C(Cc1ccccc1)N(Cc1ccc(C)cc1)C(=O)CN(c1ccc(C)cc1)S(=O)(=O)c1ccc(F)cc1. The van der Waals surface area contributed by atoms with Gasteiger partial charge in [-0.05, 0) is 67.8 Å². The third-order valence-corrected chi connectivity index (χ3v) is 9.36. The number of aryl methyl sites for hydroxylation is 2. The number of hydrogen-bond donors (Lipinski definition) is 1. The number of sulfonamides is 1. The number of anilines is 1. The van der Waals surface area contributed by atoms with E-state index in [-0.39, 0.29) is 29.5 Å². The molecule has 0 saturated heterocycles. The number of unbranched alkanes of at least 4 members (excludes halogenated alkanes) is 1. The van der Waals surface area contributed by atoms with Gasteiger partial charge in [0, 0.05) is 19.5 Å². The minimum Gasteiger partial charge on any atom is -0.354 e. The summed E-state index contributed by atoms with van der Waals surface area (Å²) < 4.78 is 42.8. The van der Waals surface area contributed by atoms with E-state index in [1.165, 1.54) is 17.0 Å². The largest absolute Gasteiger partial charge is 0.354 e. The van der Waals surface area contributed by atoms with Gasteiger partial charge in [-0.15, -0.1) is 0 Å². The van der Waals surface area contributed by atoms with E-state index in [0.29, 0.717) is 6.54 Å². The first-order valence-electron chi connectivity index (χ1n) is 15.1. The van der Waals surface area contributed by atoms with E-state index in [4.69, 9.17) is 0 Å². The lowest BCUT2D eigenvalue weighted by atomic mass is 10.0. The molecule has 0 fully saturated rings. The van der Waals surface area contributed by atoms with Crippen LogP contribution < -0.4 is 9.62 Å². The number of amides is 2. The third kappa shape index (κ3) is 9.01. The van der Waals surface area contributed by atoms with Crippen molar-refractivity contribution in [3.8, 4) is 0 Å². The van der Waals surface area contributed by atoms with E-state index in [2.05, 4.69) is 5.32 Å². The van der Waals surface area contributed by atoms with Crippen molar-refractivity contribution in [2.75, 3.05) is 17.4 Å². The smallest absolute Gasteiger partial charge is 0.264 e. The Balaban J connectivity index is 1.78. The summed E-state index contributed by atoms with van der Waals surface area (Å²) in [6.07, 6.45) is 1.92. The Bertz CT molecular complexity index is 1660. The summed E-state index contributed by atoms with van der Waals surface area (Å²) in [5.41, 5.74) is 3.91. The average molecular weight is 630 g/mol. The van der Waals surface area contributed by atoms with E-state index in [9.17, 15) is 22.4 Å². The maximum atomic E-state index is 14.4. The topological polar surface area (TPSA) is 86.8 Å². The Labute approximate surface area is 265 Å². The monoisotopic (exact) mass is 629 g/mol. The zero-order valence-corrected chi connectivity index (χ0v) is 26.8. The van der Waals surface area contributed by atoms with Gasteiger partial charge in [-0.25, -0.2) is 12.8 Å². The van der Waals surface area contributed by atoms with Crippen LogP contribution in [0.1, 0.15) is 42.0 Å². The number of rotatable bonds is 14. The quantitative estimate of drug-likeness (QED) is 0.169. The molecule has 1 N–H and O–H groups in total. The van der Waals surface area contributed by atoms with E-state index < -0.39 is 34.3 Å². The molecule has 0 aliphatic carbocycles. The number of hydrogen-bond acceptors (Lipinski definition) is 4. The van der Waals surface area contributed by atoms with Crippen LogP contribution in [0, 0.1) is 19.7 Å². The fraction of sp³-hybridized carbons (Fsp3) is 0.278. The van der Waals surface area contributed by atoms with Crippen LogP contribution in [-0.2, 0) is 32.6 Å². The van der Waals surface area contributed by atoms with Crippen molar-refractivity contribution in [1.82, 2.24) is 10.2 Å². The summed E-state index contributed by atoms with van der Waals surface area (Å²) in [5.74, 6) is -1.43. The van der Waals surface area contributed by atoms with Crippen molar-refractivity contribution < 1.29 is 22.4 Å². The van der Waals surface area contributed by atoms with Crippen molar-refractivity contribution in [3.63, 3.8) is 0 Å². The van der Waals surface area contributed by atoms with E-state index >= 15 is 0 Å². The molecule has 236 valence electrons. The maximum absolute atomic E-state index is 14.4. The summed E-state index contributed by atoms with van der Waals surface area (Å²) in [6, 6.07) is 27.5. The molecule has 1 atom stereocenters. The molecule has 0 bridgehead atoms. The van der Waals surface area contributed by atoms with Gasteiger partial charge >= 0.3 is 0 Å². The molecule has 4 rings (SSSR count). The van der Waals surface area contributed by atoms with Crippen LogP contribution in [0.3, 0.4) is 0 Å². The number of carbonyl (C=O) groups excluding carboxylic acids is 2. The lowest BCUT2D eigenvalue weighted by Crippen LogP contribution is -2.53. The molecule has 2 amide bonds. The molecule has 4 aromatic carbocycles. The molecule has 0 aliphatic heterocycles. The molecule has 45 heavy (non-hydrogen) atoms. The summed E-state index contributed by atoms with van der Waals surface area (Å²) in [5, 5.41) is 2.99. The van der Waals surface area contributed by atoms with Gasteiger partial charge in [0.1, 0.15) is 18.4 Å². The van der Waals surface area contributed by atoms with Gasteiger partial charge < -0.3 is 10.2 Å². The standard InChI is InChI=1S/C36H40FN3O4S/c1-4-5-23-38-36(42)34(24-29-9-7-6-8-10-29)39(25-30-15-11-27(2)12-16-30)35(41)26-40(32-19-13-28(3)14-20-32)45(43,44)33-21-17-31(37)18-22-33/h6-22,34H,4-5,23-26H2,1-3H3,(H,38,42). The number of carbonyl (C=O) groups is 2. The predicted octanol–water partition coefficient (Wildman–Crippen LogP) is 6.19. The molecule has 0 saturated carbocycles. The van der Waals surface area contributed by atoms with Crippen LogP contribution in [-0.4, -0.2) is 44.3 Å². The summed E-state index contributed by atoms with van der Waals surface area (Å²) in [7, 11) is -4.29. The lowest BCUT2D eigenvalue weighted by molar-refractivity contribution is -0.140. The number of nitrogens with zero attached hydrogens (tertiary/aromatic N) is 2. The molecule has 0 radical (unpaired) electrons. The molecule has 0 aromatic heterocycles. The van der Waals surface area contributed by atoms with Gasteiger partial charge in [0.05, 0.1) is 10.6 Å². The van der Waals surface area contributed by atoms with E-state index in [1.807, 2.05) is 75.4 Å². The Morgan fingerprint density at radius 3 is 2.00 bits per heavy atom. The van der Waals surface area contributed by atoms with Crippen LogP contribution in [0.5, 0.6) is 0 Å². The first kappa shape index (κ1) is 33.4. The fourth-order valence-electron chi connectivity index (χ4n) is 4.92. The minimum absolute atomic E-state index is 0.0934. The average Bonchev–Trinajstić information content (AvgIpc) is 3.03. The highest BCUT2D eigenvalue weighted by atomic mass is 32.2. The number of halogens is 1. The van der Waals surface area contributed by atoms with Crippen molar-refractivity contribution >= 4 is 27.5 Å². The Morgan fingerprint density at radius 2 is 1.40 bits per heavy atom. The first-order valence-corrected chi connectivity index (χ1v) is 16.5. The van der Waals surface area contributed by atoms with Crippen molar-refractivity contribution in [2.24, 2.45) is 0 Å². The minimum atomic E-state index is -4.29. The zero-order valence-electron chi connectivity index (χ0n) is 25.9. The van der Waals surface area contributed by atoms with Crippen LogP contribution in [0.15, 0.2) is 108 Å². The van der Waals surface area contributed by atoms with Gasteiger partial charge in [-0.3, -0.25) is 13.9 Å². The lowest BCUT2D eigenvalue weighted by Gasteiger charge is -2.34. The van der Waals surface area contributed by atoms with Crippen molar-refractivity contribution in [2.45, 2.75) is 57.5 Å². The molecule has 0 spiro atoms. The highest BCUT2D eigenvalue weighted by Gasteiger charge is 2.34. The molecule has 9 heteroatoms. The molecule has 1 unspecified atom stereocenters. The Kier molecular flexibility index (Phi) is 11.5. The second-order valence-corrected chi connectivity index (χ2v) is 13.0. The van der Waals surface area contributed by atoms with Crippen LogP contribution in [0.4, 0.5) is 10.1 Å². The zero-order chi connectivity index (χ0) is 32.4. The van der Waals surface area contributed by atoms with Gasteiger partial charge in [-0.1, -0.05) is 91.2 Å². The van der Waals surface area contributed by atoms with Gasteiger partial charge in [0.15, 0.2) is 0 Å². The first-order chi connectivity index (χ1) is 21.6. The van der Waals surface area contributed by atoms with Crippen molar-refractivity contribution in [1.29, 1.82) is 0 Å². The molecular formula is C36H40FN3O4S. The molecule has 4 aromatic rings. The van der Waals surface area contributed by atoms with Gasteiger partial charge in [0.2, 0.25) is 11.8 Å². The fourth-order valence-corrected chi connectivity index (χ4v) is 6.34. The second kappa shape index (κ2) is 15.5. The van der Waals surface area contributed by atoms with E-state index in [0.717, 1.165) is 51.5 Å². The third-order valence-electron chi connectivity index (χ3n) is 7.58. The highest BCUT2D eigenvalue weighted by Crippen LogP contribution is 2.26. The summed E-state index contributed by atoms with van der Waals surface area (Å²) >= 11 is 0. The predicted molar refractivity (Wildman–Crippen MR) is 176 cm³/mol. The van der Waals surface area contributed by atoms with Crippen LogP contribution in [0.2, 0.25) is 0 Å². The second-order valence-electron chi connectivity index (χ2n) is 11.2. The molecular weight excluding hydrogens is 589 g/mol. The van der Waals surface area contributed by atoms with Crippen LogP contribution >= 0.6 is 0 Å².